The summed E-state index contributed by atoms with van der Waals surface area (Å²) in [5.41, 5.74) is 0.406. The van der Waals surface area contributed by atoms with Crippen LogP contribution in [-0.4, -0.2) is 30.9 Å². The molecule has 1 N–H and O–H groups in total. The normalized spacial score (nSPS) is 22.0. The van der Waals surface area contributed by atoms with Crippen LogP contribution >= 0.6 is 15.9 Å². The monoisotopic (exact) mass is 315 g/mol. The van der Waals surface area contributed by atoms with Gasteiger partial charge in [0.05, 0.1) is 17.1 Å². The van der Waals surface area contributed by atoms with Crippen molar-refractivity contribution in [3.8, 4) is 6.07 Å². The number of hydrogen-bond acceptors (Lipinski definition) is 5. The molecule has 7 heteroatoms. The smallest absolute Gasteiger partial charge is 0.152 e. The standard InChI is InChI=1S/C10H10BrN3O2S/c11-8-3-7(4-12)10(13-5-8)14-9-1-2-17(15,16)6-9/h3,5,9H,1-2,6H2,(H,13,14). The fourth-order valence-corrected chi connectivity index (χ4v) is 3.75. The maximum Gasteiger partial charge on any atom is 0.152 e. The summed E-state index contributed by atoms with van der Waals surface area (Å²) in [7, 11) is -2.93. The number of halogens is 1. The molecule has 1 aliphatic rings. The van der Waals surface area contributed by atoms with Crippen LogP contribution in [0.5, 0.6) is 0 Å². The summed E-state index contributed by atoms with van der Waals surface area (Å²) in [5, 5.41) is 12.0. The molecule has 17 heavy (non-hydrogen) atoms. The quantitative estimate of drug-likeness (QED) is 0.889. The molecule has 2 rings (SSSR count). The second-order valence-electron chi connectivity index (χ2n) is 3.91. The van der Waals surface area contributed by atoms with Crippen molar-refractivity contribution >= 4 is 31.6 Å². The van der Waals surface area contributed by atoms with Crippen LogP contribution in [0, 0.1) is 11.3 Å². The van der Waals surface area contributed by atoms with E-state index in [2.05, 4.69) is 26.2 Å². The second kappa shape index (κ2) is 4.63. The van der Waals surface area contributed by atoms with Crippen LogP contribution in [0.15, 0.2) is 16.7 Å². The third-order valence-electron chi connectivity index (χ3n) is 2.55. The van der Waals surface area contributed by atoms with Crippen molar-refractivity contribution in [2.75, 3.05) is 16.8 Å². The average molecular weight is 316 g/mol. The maximum absolute atomic E-state index is 11.3. The summed E-state index contributed by atoms with van der Waals surface area (Å²) in [6.07, 6.45) is 2.14. The van der Waals surface area contributed by atoms with Gasteiger partial charge in [-0.05, 0) is 28.4 Å². The molecule has 1 aromatic rings. The molecule has 90 valence electrons. The molecule has 0 amide bonds. The number of rotatable bonds is 2. The van der Waals surface area contributed by atoms with Crippen LogP contribution in [0.4, 0.5) is 5.82 Å². The highest BCUT2D eigenvalue weighted by Gasteiger charge is 2.28. The van der Waals surface area contributed by atoms with E-state index in [-0.39, 0.29) is 17.5 Å². The van der Waals surface area contributed by atoms with Crippen molar-refractivity contribution in [2.24, 2.45) is 0 Å². The van der Waals surface area contributed by atoms with Crippen LogP contribution in [-0.2, 0) is 9.84 Å². The van der Waals surface area contributed by atoms with Gasteiger partial charge in [-0.1, -0.05) is 0 Å². The van der Waals surface area contributed by atoms with Crippen LogP contribution in [0.25, 0.3) is 0 Å². The third kappa shape index (κ3) is 2.96. The first-order valence-corrected chi connectivity index (χ1v) is 7.64. The third-order valence-corrected chi connectivity index (χ3v) is 4.75. The largest absolute Gasteiger partial charge is 0.365 e. The van der Waals surface area contributed by atoms with Gasteiger partial charge in [-0.2, -0.15) is 5.26 Å². The fraction of sp³-hybridized carbons (Fsp3) is 0.400. The van der Waals surface area contributed by atoms with Gasteiger partial charge in [0.2, 0.25) is 0 Å². The Labute approximate surface area is 108 Å². The maximum atomic E-state index is 11.3. The van der Waals surface area contributed by atoms with Gasteiger partial charge < -0.3 is 5.32 Å². The molecular formula is C10H10BrN3O2S. The predicted octanol–water partition coefficient (Wildman–Crippen LogP) is 1.31. The Kier molecular flexibility index (Phi) is 3.35. The van der Waals surface area contributed by atoms with Crippen molar-refractivity contribution in [1.29, 1.82) is 5.26 Å². The lowest BCUT2D eigenvalue weighted by Gasteiger charge is -2.12. The highest BCUT2D eigenvalue weighted by Crippen LogP contribution is 2.21. The molecule has 0 radical (unpaired) electrons. The van der Waals surface area contributed by atoms with Gasteiger partial charge >= 0.3 is 0 Å². The number of nitrogens with one attached hydrogen (secondary N) is 1. The summed E-state index contributed by atoms with van der Waals surface area (Å²) in [4.78, 5) is 4.08. The predicted molar refractivity (Wildman–Crippen MR) is 67.3 cm³/mol. The molecule has 1 aliphatic heterocycles. The lowest BCUT2D eigenvalue weighted by Crippen LogP contribution is -2.21. The highest BCUT2D eigenvalue weighted by molar-refractivity contribution is 9.10. The van der Waals surface area contributed by atoms with E-state index in [0.29, 0.717) is 17.8 Å². The lowest BCUT2D eigenvalue weighted by atomic mass is 10.2. The number of sulfone groups is 1. The molecule has 1 aromatic heterocycles. The van der Waals surface area contributed by atoms with Gasteiger partial charge in [-0.3, -0.25) is 0 Å². The first-order valence-electron chi connectivity index (χ1n) is 5.03. The van der Waals surface area contributed by atoms with E-state index in [1.165, 1.54) is 0 Å². The molecule has 1 fully saturated rings. The molecule has 0 spiro atoms. The summed E-state index contributed by atoms with van der Waals surface area (Å²) in [6, 6.07) is 3.53. The number of anilines is 1. The first kappa shape index (κ1) is 12.3. The Morgan fingerprint density at radius 3 is 2.94 bits per heavy atom. The number of nitriles is 1. The Hall–Kier alpha value is -1.13. The molecule has 1 saturated heterocycles. The van der Waals surface area contributed by atoms with Crippen molar-refractivity contribution in [2.45, 2.75) is 12.5 Å². The van der Waals surface area contributed by atoms with E-state index >= 15 is 0 Å². The fourth-order valence-electron chi connectivity index (χ4n) is 1.74. The van der Waals surface area contributed by atoms with E-state index in [9.17, 15) is 8.42 Å². The highest BCUT2D eigenvalue weighted by atomic mass is 79.9. The van der Waals surface area contributed by atoms with Crippen molar-refractivity contribution in [3.63, 3.8) is 0 Å². The molecular weight excluding hydrogens is 306 g/mol. The minimum absolute atomic E-state index is 0.107. The van der Waals surface area contributed by atoms with Gasteiger partial charge in [0.25, 0.3) is 0 Å². The van der Waals surface area contributed by atoms with E-state index in [1.807, 2.05) is 6.07 Å². The molecule has 0 saturated carbocycles. The molecule has 0 bridgehead atoms. The van der Waals surface area contributed by atoms with E-state index < -0.39 is 9.84 Å². The Bertz CT molecular complexity index is 580. The number of aromatic nitrogens is 1. The van der Waals surface area contributed by atoms with Gasteiger partial charge in [-0.15, -0.1) is 0 Å². The van der Waals surface area contributed by atoms with Gasteiger partial charge in [-0.25, -0.2) is 13.4 Å². The van der Waals surface area contributed by atoms with Gasteiger partial charge in [0.1, 0.15) is 11.9 Å². The Morgan fingerprint density at radius 1 is 1.59 bits per heavy atom. The summed E-state index contributed by atoms with van der Waals surface area (Å²) >= 11 is 3.23. The van der Waals surface area contributed by atoms with Crippen molar-refractivity contribution < 1.29 is 8.42 Å². The topological polar surface area (TPSA) is 82.8 Å². The Balaban J connectivity index is 2.18. The summed E-state index contributed by atoms with van der Waals surface area (Å²) in [6.45, 7) is 0. The van der Waals surface area contributed by atoms with Gasteiger partial charge in [0, 0.05) is 16.7 Å². The minimum atomic E-state index is -2.93. The molecule has 2 heterocycles. The summed E-state index contributed by atoms with van der Waals surface area (Å²) in [5.74, 6) is 0.747. The van der Waals surface area contributed by atoms with Crippen LogP contribution in [0.1, 0.15) is 12.0 Å². The van der Waals surface area contributed by atoms with Crippen LogP contribution in [0.3, 0.4) is 0 Å². The zero-order valence-electron chi connectivity index (χ0n) is 8.85. The second-order valence-corrected chi connectivity index (χ2v) is 7.05. The zero-order chi connectivity index (χ0) is 12.5. The van der Waals surface area contributed by atoms with E-state index in [1.54, 1.807) is 12.3 Å². The van der Waals surface area contributed by atoms with Crippen molar-refractivity contribution in [1.82, 2.24) is 4.98 Å². The van der Waals surface area contributed by atoms with E-state index in [0.717, 1.165) is 4.47 Å². The zero-order valence-corrected chi connectivity index (χ0v) is 11.3. The molecule has 5 nitrogen and oxygen atoms in total. The van der Waals surface area contributed by atoms with E-state index in [4.69, 9.17) is 5.26 Å². The summed E-state index contributed by atoms with van der Waals surface area (Å²) < 4.78 is 23.3. The molecule has 1 unspecified atom stereocenters. The SMILES string of the molecule is N#Cc1cc(Br)cnc1NC1CCS(=O)(=O)C1. The Morgan fingerprint density at radius 2 is 2.35 bits per heavy atom. The molecule has 0 aliphatic carbocycles. The number of pyridine rings is 1. The minimum Gasteiger partial charge on any atom is -0.365 e. The van der Waals surface area contributed by atoms with Crippen LogP contribution in [0.2, 0.25) is 0 Å². The molecule has 1 atom stereocenters. The van der Waals surface area contributed by atoms with Crippen LogP contribution < -0.4 is 5.32 Å². The number of hydrogen-bond donors (Lipinski definition) is 1. The lowest BCUT2D eigenvalue weighted by molar-refractivity contribution is 0.602. The van der Waals surface area contributed by atoms with Crippen molar-refractivity contribution in [3.05, 3.63) is 22.3 Å². The van der Waals surface area contributed by atoms with Gasteiger partial charge in [0.15, 0.2) is 9.84 Å². The molecule has 0 aromatic carbocycles. The average Bonchev–Trinajstić information content (AvgIpc) is 2.61. The number of nitrogens with zero attached hydrogens (tertiary/aromatic N) is 2. The first-order chi connectivity index (χ1) is 8.00.